The number of carboxylic acid groups (broad SMARTS) is 1. The monoisotopic (exact) mass is 373 g/mol. The highest BCUT2D eigenvalue weighted by Gasteiger charge is 2.40. The molecule has 1 aromatic heterocycles. The molecule has 4 unspecified atom stereocenters. The van der Waals surface area contributed by atoms with Crippen molar-refractivity contribution in [3.63, 3.8) is 0 Å². The number of nitrogens with zero attached hydrogens (tertiary/aromatic N) is 2. The molecule has 0 spiro atoms. The normalized spacial score (nSPS) is 27.3. The molecule has 2 fully saturated rings. The van der Waals surface area contributed by atoms with Crippen molar-refractivity contribution in [1.29, 1.82) is 0 Å². The number of pyridine rings is 1. The lowest BCUT2D eigenvalue weighted by Gasteiger charge is -2.23. The molecule has 27 heavy (non-hydrogen) atoms. The van der Waals surface area contributed by atoms with Crippen LogP contribution in [0.2, 0.25) is 0 Å². The van der Waals surface area contributed by atoms with Gasteiger partial charge in [0, 0.05) is 42.8 Å². The third-order valence-corrected chi connectivity index (χ3v) is 6.04. The number of benzene rings is 1. The summed E-state index contributed by atoms with van der Waals surface area (Å²) in [6.07, 6.45) is 1.64. The van der Waals surface area contributed by atoms with Gasteiger partial charge in [0.15, 0.2) is 0 Å². The second-order valence-corrected chi connectivity index (χ2v) is 7.75. The number of aryl methyl sites for hydroxylation is 1. The van der Waals surface area contributed by atoms with Gasteiger partial charge in [0.05, 0.1) is 11.6 Å². The van der Waals surface area contributed by atoms with Gasteiger partial charge in [-0.15, -0.1) is 0 Å². The van der Waals surface area contributed by atoms with E-state index >= 15 is 0 Å². The Morgan fingerprint density at radius 2 is 2.07 bits per heavy atom. The standard InChI is InChI=1S/C20H24FN3O3/c1-3-11-7-23(9-15(11)22)16-5-4-12-18(10(16)2)24(17-6-14(17)21)8-13(19(12)25)20(26)27/h4-5,8,11,14-15,17H,3,6-7,9,22H2,1-2H3,(H,26,27). The van der Waals surface area contributed by atoms with Crippen molar-refractivity contribution in [3.8, 4) is 0 Å². The highest BCUT2D eigenvalue weighted by molar-refractivity contribution is 5.95. The summed E-state index contributed by atoms with van der Waals surface area (Å²) in [6, 6.07) is 3.22. The quantitative estimate of drug-likeness (QED) is 0.859. The number of anilines is 1. The maximum atomic E-state index is 13.8. The molecule has 0 amide bonds. The topological polar surface area (TPSA) is 88.6 Å². The van der Waals surface area contributed by atoms with E-state index in [0.717, 1.165) is 30.8 Å². The molecule has 1 aliphatic heterocycles. The van der Waals surface area contributed by atoms with Gasteiger partial charge in [0.25, 0.3) is 0 Å². The van der Waals surface area contributed by atoms with Crippen molar-refractivity contribution in [3.05, 3.63) is 39.7 Å². The summed E-state index contributed by atoms with van der Waals surface area (Å²) in [5, 5.41) is 9.70. The van der Waals surface area contributed by atoms with E-state index in [0.29, 0.717) is 23.2 Å². The van der Waals surface area contributed by atoms with E-state index in [9.17, 15) is 19.1 Å². The van der Waals surface area contributed by atoms with E-state index in [1.54, 1.807) is 10.6 Å². The van der Waals surface area contributed by atoms with E-state index in [4.69, 9.17) is 5.73 Å². The van der Waals surface area contributed by atoms with Gasteiger partial charge in [0.1, 0.15) is 11.7 Å². The second-order valence-electron chi connectivity index (χ2n) is 7.75. The van der Waals surface area contributed by atoms with Crippen molar-refractivity contribution in [2.45, 2.75) is 44.9 Å². The summed E-state index contributed by atoms with van der Waals surface area (Å²) in [6.45, 7) is 5.61. The Hall–Kier alpha value is -2.41. The first kappa shape index (κ1) is 18.0. The number of hydrogen-bond donors (Lipinski definition) is 2. The first-order valence-electron chi connectivity index (χ1n) is 9.39. The molecule has 4 atom stereocenters. The molecule has 1 aromatic carbocycles. The van der Waals surface area contributed by atoms with Gasteiger partial charge in [-0.05, 0) is 30.5 Å². The van der Waals surface area contributed by atoms with Gasteiger partial charge in [-0.1, -0.05) is 13.3 Å². The fourth-order valence-corrected chi connectivity index (χ4v) is 4.33. The molecule has 0 radical (unpaired) electrons. The predicted octanol–water partition coefficient (Wildman–Crippen LogP) is 2.46. The summed E-state index contributed by atoms with van der Waals surface area (Å²) >= 11 is 0. The van der Waals surface area contributed by atoms with Crippen molar-refractivity contribution in [1.82, 2.24) is 4.57 Å². The zero-order valence-corrected chi connectivity index (χ0v) is 15.5. The SMILES string of the molecule is CCC1CN(c2ccc3c(=O)c(C(=O)O)cn(C4CC4F)c3c2C)CC1N. The van der Waals surface area contributed by atoms with E-state index < -0.39 is 23.6 Å². The van der Waals surface area contributed by atoms with E-state index in [1.165, 1.54) is 6.20 Å². The predicted molar refractivity (Wildman–Crippen MR) is 102 cm³/mol. The summed E-state index contributed by atoms with van der Waals surface area (Å²) in [4.78, 5) is 26.4. The number of carbonyl (C=O) groups is 1. The zero-order valence-electron chi connectivity index (χ0n) is 15.5. The van der Waals surface area contributed by atoms with Crippen molar-refractivity contribution < 1.29 is 14.3 Å². The molecule has 7 heteroatoms. The largest absolute Gasteiger partial charge is 0.477 e. The van der Waals surface area contributed by atoms with Gasteiger partial charge in [-0.2, -0.15) is 0 Å². The summed E-state index contributed by atoms with van der Waals surface area (Å²) in [5.74, 6) is -0.875. The number of carboxylic acids is 1. The molecule has 2 aliphatic rings. The Balaban J connectivity index is 1.91. The maximum absolute atomic E-state index is 13.8. The van der Waals surface area contributed by atoms with Gasteiger partial charge in [-0.3, -0.25) is 4.79 Å². The number of fused-ring (bicyclic) bond motifs is 1. The number of aromatic carboxylic acids is 1. The minimum Gasteiger partial charge on any atom is -0.477 e. The van der Waals surface area contributed by atoms with Crippen molar-refractivity contribution in [2.75, 3.05) is 18.0 Å². The Kier molecular flexibility index (Phi) is 4.22. The Morgan fingerprint density at radius 3 is 2.63 bits per heavy atom. The summed E-state index contributed by atoms with van der Waals surface area (Å²) < 4.78 is 15.5. The fraction of sp³-hybridized carbons (Fsp3) is 0.500. The van der Waals surface area contributed by atoms with Crippen LogP contribution in [0.15, 0.2) is 23.1 Å². The van der Waals surface area contributed by atoms with Gasteiger partial charge < -0.3 is 20.3 Å². The number of aromatic nitrogens is 1. The first-order chi connectivity index (χ1) is 12.8. The van der Waals surface area contributed by atoms with Crippen LogP contribution in [0.1, 0.15) is 41.7 Å². The van der Waals surface area contributed by atoms with Gasteiger partial charge >= 0.3 is 5.97 Å². The Bertz CT molecular complexity index is 987. The highest BCUT2D eigenvalue weighted by atomic mass is 19.1. The summed E-state index contributed by atoms with van der Waals surface area (Å²) in [7, 11) is 0. The molecule has 4 rings (SSSR count). The van der Waals surface area contributed by atoms with E-state index in [-0.39, 0.29) is 11.6 Å². The molecule has 3 N–H and O–H groups in total. The molecule has 2 heterocycles. The summed E-state index contributed by atoms with van der Waals surface area (Å²) in [5.41, 5.74) is 7.88. The minimum absolute atomic E-state index is 0.0975. The number of alkyl halides is 1. The lowest BCUT2D eigenvalue weighted by molar-refractivity contribution is 0.0694. The zero-order chi connectivity index (χ0) is 19.5. The molecule has 6 nitrogen and oxygen atoms in total. The van der Waals surface area contributed by atoms with Crippen LogP contribution >= 0.6 is 0 Å². The number of rotatable bonds is 4. The van der Waals surface area contributed by atoms with Crippen molar-refractivity contribution >= 4 is 22.6 Å². The third kappa shape index (κ3) is 2.81. The van der Waals surface area contributed by atoms with Crippen LogP contribution in [0.3, 0.4) is 0 Å². The van der Waals surface area contributed by atoms with E-state index in [1.807, 2.05) is 13.0 Å². The van der Waals surface area contributed by atoms with Crippen molar-refractivity contribution in [2.24, 2.45) is 11.7 Å². The second kappa shape index (κ2) is 6.34. The molecule has 0 bridgehead atoms. The molecule has 144 valence electrons. The van der Waals surface area contributed by atoms with Crippen LogP contribution in [0.4, 0.5) is 10.1 Å². The number of hydrogen-bond acceptors (Lipinski definition) is 4. The Labute approximate surface area is 156 Å². The lowest BCUT2D eigenvalue weighted by Crippen LogP contribution is -2.29. The van der Waals surface area contributed by atoms with Crippen LogP contribution in [-0.4, -0.2) is 40.9 Å². The highest BCUT2D eigenvalue weighted by Crippen LogP contribution is 2.42. The fourth-order valence-electron chi connectivity index (χ4n) is 4.33. The average Bonchev–Trinajstić information content (AvgIpc) is 3.23. The van der Waals surface area contributed by atoms with Gasteiger partial charge in [0.2, 0.25) is 5.43 Å². The molecule has 1 aliphatic carbocycles. The minimum atomic E-state index is -1.29. The number of nitrogens with two attached hydrogens (primary N) is 1. The smallest absolute Gasteiger partial charge is 0.341 e. The van der Waals surface area contributed by atoms with Crippen LogP contribution in [-0.2, 0) is 0 Å². The molecule has 2 aromatic rings. The molecule has 1 saturated heterocycles. The van der Waals surface area contributed by atoms with Gasteiger partial charge in [-0.25, -0.2) is 9.18 Å². The lowest BCUT2D eigenvalue weighted by atomic mass is 10.0. The van der Waals surface area contributed by atoms with Crippen LogP contribution < -0.4 is 16.1 Å². The van der Waals surface area contributed by atoms with E-state index in [2.05, 4.69) is 11.8 Å². The average molecular weight is 373 g/mol. The van der Waals surface area contributed by atoms with Crippen LogP contribution in [0.5, 0.6) is 0 Å². The molecular formula is C20H24FN3O3. The third-order valence-electron chi connectivity index (χ3n) is 6.04. The Morgan fingerprint density at radius 1 is 1.37 bits per heavy atom. The molecule has 1 saturated carbocycles. The first-order valence-corrected chi connectivity index (χ1v) is 9.39. The molecular weight excluding hydrogens is 349 g/mol. The maximum Gasteiger partial charge on any atom is 0.341 e. The number of halogens is 1. The van der Waals surface area contributed by atoms with Crippen LogP contribution in [0, 0.1) is 12.8 Å². The van der Waals surface area contributed by atoms with Crippen LogP contribution in [0.25, 0.3) is 10.9 Å².